The number of hydrogen-bond donors (Lipinski definition) is 4. The Morgan fingerprint density at radius 2 is 1.93 bits per heavy atom. The number of amides is 1. The summed E-state index contributed by atoms with van der Waals surface area (Å²) in [5, 5.41) is 32.5. The van der Waals surface area contributed by atoms with Crippen molar-refractivity contribution in [3.05, 3.63) is 44.5 Å². The number of carbonyl (C=O) groups excluding carboxylic acids is 1. The number of thiocarbonyl (C=S) groups is 1. The van der Waals surface area contributed by atoms with Crippen LogP contribution in [0.3, 0.4) is 0 Å². The minimum absolute atomic E-state index is 0.00198. The molecule has 4 N–H and O–H groups in total. The number of nitrogens with zero attached hydrogens (tertiary/aromatic N) is 4. The molecule has 1 aliphatic carbocycles. The fraction of sp³-hybridized carbons (Fsp3) is 0.517. The van der Waals surface area contributed by atoms with Crippen molar-refractivity contribution in [1.82, 2.24) is 19.8 Å². The summed E-state index contributed by atoms with van der Waals surface area (Å²) in [5.74, 6) is -3.10. The molecule has 1 unspecified atom stereocenters. The van der Waals surface area contributed by atoms with Crippen LogP contribution in [0.5, 0.6) is 0 Å². The summed E-state index contributed by atoms with van der Waals surface area (Å²) in [6.07, 6.45) is 2.78. The Hall–Kier alpha value is -3.21. The second-order valence-corrected chi connectivity index (χ2v) is 14.7. The van der Waals surface area contributed by atoms with Crippen molar-refractivity contribution >= 4 is 74.8 Å². The number of carboxylic acid groups (broad SMARTS) is 2. The highest BCUT2D eigenvalue weighted by Gasteiger charge is 2.59. The molecule has 3 fully saturated rings. The normalized spacial score (nSPS) is 25.0. The van der Waals surface area contributed by atoms with Crippen molar-refractivity contribution in [2.45, 2.75) is 57.3 Å². The number of aliphatic hydroxyl groups is 1. The van der Waals surface area contributed by atoms with E-state index in [-0.39, 0.29) is 52.5 Å². The minimum Gasteiger partial charge on any atom is -0.477 e. The van der Waals surface area contributed by atoms with E-state index in [0.29, 0.717) is 40.2 Å². The summed E-state index contributed by atoms with van der Waals surface area (Å²) in [5.41, 5.74) is -0.881. The topological polar surface area (TPSA) is 165 Å². The molecule has 1 saturated carbocycles. The highest BCUT2D eigenvalue weighted by Crippen LogP contribution is 2.50. The molecular formula is C29H32FN5O7S3. The Balaban J connectivity index is 1.05. The fourth-order valence-electron chi connectivity index (χ4n) is 6.52. The lowest BCUT2D eigenvalue weighted by molar-refractivity contribution is -0.163. The summed E-state index contributed by atoms with van der Waals surface area (Å²) in [6.45, 7) is 4.36. The van der Waals surface area contributed by atoms with Crippen molar-refractivity contribution in [2.75, 3.05) is 29.5 Å². The maximum absolute atomic E-state index is 15.3. The van der Waals surface area contributed by atoms with Crippen molar-refractivity contribution in [1.29, 1.82) is 0 Å². The average molecular weight is 678 g/mol. The largest absolute Gasteiger partial charge is 0.477 e. The zero-order valence-electron chi connectivity index (χ0n) is 24.4. The lowest BCUT2D eigenvalue weighted by Gasteiger charge is -2.46. The van der Waals surface area contributed by atoms with Gasteiger partial charge in [-0.2, -0.15) is 0 Å². The van der Waals surface area contributed by atoms with E-state index in [1.54, 1.807) is 16.4 Å². The van der Waals surface area contributed by atoms with E-state index in [2.05, 4.69) is 10.3 Å². The van der Waals surface area contributed by atoms with Crippen LogP contribution in [0.1, 0.15) is 49.5 Å². The summed E-state index contributed by atoms with van der Waals surface area (Å²) in [4.78, 5) is 57.1. The van der Waals surface area contributed by atoms with E-state index >= 15 is 4.39 Å². The van der Waals surface area contributed by atoms with Gasteiger partial charge in [-0.25, -0.2) is 19.0 Å². The number of fused-ring (bicyclic) bond motifs is 2. The van der Waals surface area contributed by atoms with Gasteiger partial charge in [-0.05, 0) is 32.3 Å². The van der Waals surface area contributed by atoms with Crippen LogP contribution in [-0.4, -0.2) is 94.7 Å². The van der Waals surface area contributed by atoms with Crippen LogP contribution < -0.4 is 15.6 Å². The number of aliphatic hydroxyl groups excluding tert-OH is 1. The van der Waals surface area contributed by atoms with Gasteiger partial charge in [0.15, 0.2) is 11.6 Å². The number of nitrogens with one attached hydrogen (secondary N) is 1. The number of rotatable bonds is 10. The van der Waals surface area contributed by atoms with E-state index in [1.807, 2.05) is 6.92 Å². The predicted molar refractivity (Wildman–Crippen MR) is 172 cm³/mol. The predicted octanol–water partition coefficient (Wildman–Crippen LogP) is 2.64. The lowest BCUT2D eigenvalue weighted by atomic mass is 9.79. The van der Waals surface area contributed by atoms with Crippen LogP contribution in [0.25, 0.3) is 11.0 Å². The molecule has 12 nitrogen and oxygen atoms in total. The Morgan fingerprint density at radius 1 is 1.20 bits per heavy atom. The number of pyridine rings is 2. The third-order valence-corrected chi connectivity index (χ3v) is 11.6. The quantitative estimate of drug-likeness (QED) is 0.165. The average Bonchev–Trinajstić information content (AvgIpc) is 3.66. The van der Waals surface area contributed by atoms with Crippen LogP contribution in [0.15, 0.2) is 27.7 Å². The van der Waals surface area contributed by atoms with Crippen molar-refractivity contribution in [2.24, 2.45) is 11.8 Å². The van der Waals surface area contributed by atoms with Gasteiger partial charge in [0.1, 0.15) is 21.2 Å². The molecule has 0 radical (unpaired) electrons. The van der Waals surface area contributed by atoms with E-state index in [1.165, 1.54) is 34.6 Å². The van der Waals surface area contributed by atoms with Gasteiger partial charge in [0, 0.05) is 53.7 Å². The molecule has 5 atom stereocenters. The Labute approximate surface area is 271 Å². The summed E-state index contributed by atoms with van der Waals surface area (Å²) in [7, 11) is 0. The summed E-state index contributed by atoms with van der Waals surface area (Å²) < 4.78 is 17.5. The minimum atomic E-state index is -1.36. The van der Waals surface area contributed by atoms with Gasteiger partial charge >= 0.3 is 11.9 Å². The molecule has 2 aromatic rings. The zero-order valence-corrected chi connectivity index (χ0v) is 26.9. The van der Waals surface area contributed by atoms with Gasteiger partial charge in [-0.3, -0.25) is 9.59 Å². The Kier molecular flexibility index (Phi) is 8.60. The monoisotopic (exact) mass is 677 g/mol. The van der Waals surface area contributed by atoms with Gasteiger partial charge < -0.3 is 35.0 Å². The first-order valence-corrected chi connectivity index (χ1v) is 17.0. The zero-order chi connectivity index (χ0) is 32.3. The van der Waals surface area contributed by atoms with Gasteiger partial charge in [-0.15, -0.1) is 11.8 Å². The second-order valence-electron chi connectivity index (χ2n) is 11.8. The third-order valence-electron chi connectivity index (χ3n) is 8.80. The molecule has 0 spiro atoms. The number of thioether (sulfide) groups is 2. The van der Waals surface area contributed by atoms with Crippen LogP contribution in [0, 0.1) is 17.7 Å². The maximum Gasteiger partial charge on any atom is 0.353 e. The standard InChI is InChI=1S/C29H32FN5O7S3/c1-12-20-19(13(2)36)26(38)35(20)21(28(41)42)23(12)44-7-8-45-29(43)31-14-5-6-33(10-14)25-18(30)9-16-22(37)17(27(39)40)11-34(15-3-4-15)24(16)32-25/h9,11-15,19-20,36H,3-8,10H2,1-2H3,(H,31,43)(H,39,40)(H,41,42)/t12-,13+,14?,19-,20-/m0/s1. The summed E-state index contributed by atoms with van der Waals surface area (Å²) >= 11 is 8.34. The molecule has 6 rings (SSSR count). The molecule has 0 bridgehead atoms. The van der Waals surface area contributed by atoms with Crippen LogP contribution in [0.4, 0.5) is 10.2 Å². The van der Waals surface area contributed by atoms with Crippen molar-refractivity contribution in [3.8, 4) is 0 Å². The number of hydrogen-bond acceptors (Lipinski definition) is 10. The molecule has 45 heavy (non-hydrogen) atoms. The van der Waals surface area contributed by atoms with Gasteiger partial charge in [0.05, 0.1) is 23.4 Å². The molecule has 4 aliphatic rings. The number of aliphatic carboxylic acids is 1. The molecule has 3 aliphatic heterocycles. The van der Waals surface area contributed by atoms with Gasteiger partial charge in [0.25, 0.3) is 0 Å². The van der Waals surface area contributed by atoms with E-state index in [4.69, 9.17) is 12.2 Å². The smallest absolute Gasteiger partial charge is 0.353 e. The van der Waals surface area contributed by atoms with E-state index < -0.39 is 40.8 Å². The van der Waals surface area contributed by atoms with Crippen LogP contribution in [-0.2, 0) is 9.59 Å². The molecule has 2 aromatic heterocycles. The molecule has 5 heterocycles. The number of halogens is 1. The van der Waals surface area contributed by atoms with E-state index in [0.717, 1.165) is 18.9 Å². The molecule has 16 heteroatoms. The molecule has 1 amide bonds. The molecule has 240 valence electrons. The number of aromatic nitrogens is 2. The highest BCUT2D eigenvalue weighted by atomic mass is 32.2. The number of anilines is 1. The highest BCUT2D eigenvalue weighted by molar-refractivity contribution is 8.23. The first-order valence-electron chi connectivity index (χ1n) is 14.7. The van der Waals surface area contributed by atoms with Crippen molar-refractivity contribution < 1.29 is 34.1 Å². The van der Waals surface area contributed by atoms with Gasteiger partial charge in [0.2, 0.25) is 11.3 Å². The molecule has 2 saturated heterocycles. The molecular weight excluding hydrogens is 646 g/mol. The van der Waals surface area contributed by atoms with E-state index in [9.17, 15) is 34.5 Å². The first kappa shape index (κ1) is 31.8. The lowest BCUT2D eigenvalue weighted by Crippen LogP contribution is -2.63. The molecule has 0 aromatic carbocycles. The fourth-order valence-corrected chi connectivity index (χ4v) is 8.99. The number of β-lactam (4-membered cyclic amide) rings is 1. The van der Waals surface area contributed by atoms with Crippen LogP contribution >= 0.6 is 35.7 Å². The second kappa shape index (κ2) is 12.2. The first-order chi connectivity index (χ1) is 21.4. The van der Waals surface area contributed by atoms with Crippen molar-refractivity contribution in [3.63, 3.8) is 0 Å². The number of aromatic carboxylic acids is 1. The van der Waals surface area contributed by atoms with Gasteiger partial charge in [-0.1, -0.05) is 30.9 Å². The number of carboxylic acids is 2. The SMILES string of the molecule is C[C@@H]1C(SCCSC(=S)NC2CCN(c3nc4c(cc3F)c(=O)c(C(=O)O)cn4C3CC3)C2)=C(C(=O)O)N2C(=O)[C@@H]([C@@H](C)O)[C@H]12. The van der Waals surface area contributed by atoms with Crippen LogP contribution in [0.2, 0.25) is 0 Å². The Bertz CT molecular complexity index is 1710. The third kappa shape index (κ3) is 5.70. The Morgan fingerprint density at radius 3 is 2.58 bits per heavy atom. The maximum atomic E-state index is 15.3. The number of carbonyl (C=O) groups is 3. The summed E-state index contributed by atoms with van der Waals surface area (Å²) in [6, 6.07) is 0.691.